The maximum atomic E-state index is 12.5. The Morgan fingerprint density at radius 3 is 2.30 bits per heavy atom. The molecule has 0 radical (unpaired) electrons. The first kappa shape index (κ1) is 23.0. The van der Waals surface area contributed by atoms with Crippen LogP contribution in [0.2, 0.25) is 0 Å². The van der Waals surface area contributed by atoms with Gasteiger partial charge in [0, 0.05) is 26.2 Å². The molecule has 1 N–H and O–H groups in total. The number of carbonyl (C=O) groups is 1. The van der Waals surface area contributed by atoms with Crippen molar-refractivity contribution in [2.24, 2.45) is 5.92 Å². The lowest BCUT2D eigenvalue weighted by Crippen LogP contribution is -2.45. The minimum Gasteiger partial charge on any atom is -0.492 e. The molecule has 0 aliphatic carbocycles. The number of hydrogen-bond acceptors (Lipinski definition) is 6. The molecule has 0 saturated carbocycles. The van der Waals surface area contributed by atoms with Crippen molar-refractivity contribution in [1.29, 1.82) is 0 Å². The van der Waals surface area contributed by atoms with E-state index in [9.17, 15) is 21.6 Å². The second-order valence-corrected chi connectivity index (χ2v) is 11.6. The summed E-state index contributed by atoms with van der Waals surface area (Å²) >= 11 is 0. The first-order chi connectivity index (χ1) is 14.2. The Bertz CT molecular complexity index is 941. The summed E-state index contributed by atoms with van der Waals surface area (Å²) in [4.78, 5) is 12.6. The first-order valence-corrected chi connectivity index (χ1v) is 13.4. The molecular formula is C19H29N3O6S2. The van der Waals surface area contributed by atoms with Crippen molar-refractivity contribution in [2.75, 3.05) is 45.6 Å². The number of nitrogens with zero attached hydrogens (tertiary/aromatic N) is 2. The van der Waals surface area contributed by atoms with E-state index in [4.69, 9.17) is 4.74 Å². The first-order valence-electron chi connectivity index (χ1n) is 10.1. The van der Waals surface area contributed by atoms with E-state index in [1.165, 1.54) is 20.7 Å². The molecule has 11 heteroatoms. The highest BCUT2D eigenvalue weighted by Crippen LogP contribution is 2.23. The normalized spacial score (nSPS) is 21.4. The quantitative estimate of drug-likeness (QED) is 0.571. The van der Waals surface area contributed by atoms with Gasteiger partial charge in [-0.15, -0.1) is 0 Å². The van der Waals surface area contributed by atoms with E-state index in [0.29, 0.717) is 38.2 Å². The molecule has 2 fully saturated rings. The summed E-state index contributed by atoms with van der Waals surface area (Å²) in [6.45, 7) is 2.29. The zero-order chi connectivity index (χ0) is 21.8. The summed E-state index contributed by atoms with van der Waals surface area (Å²) in [5.74, 6) is -0.0203. The van der Waals surface area contributed by atoms with Crippen LogP contribution in [0.3, 0.4) is 0 Å². The van der Waals surface area contributed by atoms with Gasteiger partial charge in [-0.2, -0.15) is 4.31 Å². The van der Waals surface area contributed by atoms with Gasteiger partial charge in [0.1, 0.15) is 12.4 Å². The van der Waals surface area contributed by atoms with Gasteiger partial charge in [0.05, 0.1) is 23.6 Å². The summed E-state index contributed by atoms with van der Waals surface area (Å²) < 4.78 is 56.8. The van der Waals surface area contributed by atoms with Crippen LogP contribution in [0.5, 0.6) is 5.75 Å². The number of ether oxygens (including phenoxy) is 1. The van der Waals surface area contributed by atoms with Gasteiger partial charge in [-0.3, -0.25) is 4.79 Å². The molecule has 9 nitrogen and oxygen atoms in total. The fourth-order valence-corrected chi connectivity index (χ4v) is 6.16. The molecule has 0 bridgehead atoms. The van der Waals surface area contributed by atoms with Crippen molar-refractivity contribution in [1.82, 2.24) is 13.9 Å². The van der Waals surface area contributed by atoms with Gasteiger partial charge in [0.15, 0.2) is 0 Å². The van der Waals surface area contributed by atoms with Crippen LogP contribution in [-0.4, -0.2) is 76.9 Å². The lowest BCUT2D eigenvalue weighted by atomic mass is 9.99. The molecule has 1 amide bonds. The molecule has 2 aliphatic rings. The number of benzene rings is 1. The van der Waals surface area contributed by atoms with Gasteiger partial charge in [-0.1, -0.05) is 0 Å². The zero-order valence-corrected chi connectivity index (χ0v) is 18.8. The van der Waals surface area contributed by atoms with E-state index in [1.807, 2.05) is 0 Å². The van der Waals surface area contributed by atoms with Gasteiger partial charge in [-0.25, -0.2) is 21.1 Å². The minimum absolute atomic E-state index is 0.181. The maximum absolute atomic E-state index is 12.5. The lowest BCUT2D eigenvalue weighted by Gasteiger charge is -2.30. The predicted octanol–water partition coefficient (Wildman–Crippen LogP) is 0.638. The van der Waals surface area contributed by atoms with Crippen LogP contribution in [0.15, 0.2) is 29.2 Å². The van der Waals surface area contributed by atoms with Crippen LogP contribution in [0.4, 0.5) is 0 Å². The average molecular weight is 460 g/mol. The van der Waals surface area contributed by atoms with Crippen molar-refractivity contribution in [2.45, 2.75) is 30.6 Å². The van der Waals surface area contributed by atoms with E-state index in [-0.39, 0.29) is 36.4 Å². The predicted molar refractivity (Wildman–Crippen MR) is 112 cm³/mol. The third-order valence-electron chi connectivity index (χ3n) is 5.42. The van der Waals surface area contributed by atoms with Gasteiger partial charge < -0.3 is 10.1 Å². The average Bonchev–Trinajstić information content (AvgIpc) is 3.27. The van der Waals surface area contributed by atoms with E-state index < -0.39 is 20.0 Å². The Balaban J connectivity index is 1.44. The van der Waals surface area contributed by atoms with E-state index >= 15 is 0 Å². The zero-order valence-electron chi connectivity index (χ0n) is 17.1. The number of sulfonamides is 2. The molecule has 1 atom stereocenters. The molecular weight excluding hydrogens is 430 g/mol. The molecule has 168 valence electrons. The molecule has 30 heavy (non-hydrogen) atoms. The minimum atomic E-state index is -3.45. The van der Waals surface area contributed by atoms with Crippen molar-refractivity contribution in [3.05, 3.63) is 24.3 Å². The fraction of sp³-hybridized carbons (Fsp3) is 0.632. The lowest BCUT2D eigenvalue weighted by molar-refractivity contribution is -0.126. The standard InChI is InChI=1S/C19H29N3O6S2/c1-29(24,25)22-13-4-5-16(15-22)19(23)20-10-14-28-17-6-8-18(9-7-17)30(26,27)21-11-2-3-12-21/h6-9,16H,2-5,10-15H2,1H3,(H,20,23)/t16-/m1/s1. The summed E-state index contributed by atoms with van der Waals surface area (Å²) in [6, 6.07) is 6.28. The Labute approximate surface area is 178 Å². The second-order valence-electron chi connectivity index (χ2n) is 7.68. The van der Waals surface area contributed by atoms with E-state index in [0.717, 1.165) is 19.1 Å². The molecule has 0 spiro atoms. The summed E-state index contributed by atoms with van der Waals surface area (Å²) in [5.41, 5.74) is 0. The highest BCUT2D eigenvalue weighted by atomic mass is 32.2. The third kappa shape index (κ3) is 5.71. The van der Waals surface area contributed by atoms with E-state index in [2.05, 4.69) is 5.32 Å². The fourth-order valence-electron chi connectivity index (χ4n) is 3.73. The van der Waals surface area contributed by atoms with Gasteiger partial charge in [-0.05, 0) is 49.9 Å². The maximum Gasteiger partial charge on any atom is 0.243 e. The summed E-state index contributed by atoms with van der Waals surface area (Å²) in [5, 5.41) is 2.78. The third-order valence-corrected chi connectivity index (χ3v) is 8.60. The Kier molecular flexibility index (Phi) is 7.38. The topological polar surface area (TPSA) is 113 Å². The molecule has 1 aromatic rings. The van der Waals surface area contributed by atoms with Crippen molar-refractivity contribution in [3.63, 3.8) is 0 Å². The van der Waals surface area contributed by atoms with Crippen LogP contribution in [-0.2, 0) is 24.8 Å². The Hall–Kier alpha value is -1.69. The van der Waals surface area contributed by atoms with Crippen LogP contribution in [0.25, 0.3) is 0 Å². The molecule has 1 aromatic carbocycles. The van der Waals surface area contributed by atoms with Crippen LogP contribution in [0, 0.1) is 5.92 Å². The SMILES string of the molecule is CS(=O)(=O)N1CCC[C@@H](C(=O)NCCOc2ccc(S(=O)(=O)N3CCCC3)cc2)C1. The number of hydrogen-bond donors (Lipinski definition) is 1. The second kappa shape index (κ2) is 9.63. The van der Waals surface area contributed by atoms with Crippen molar-refractivity contribution < 1.29 is 26.4 Å². The monoisotopic (exact) mass is 459 g/mol. The Morgan fingerprint density at radius 1 is 1.03 bits per heavy atom. The molecule has 3 rings (SSSR count). The smallest absolute Gasteiger partial charge is 0.243 e. The summed E-state index contributed by atoms with van der Waals surface area (Å²) in [6.07, 6.45) is 4.25. The van der Waals surface area contributed by atoms with Crippen LogP contribution in [0.1, 0.15) is 25.7 Å². The van der Waals surface area contributed by atoms with Crippen LogP contribution >= 0.6 is 0 Å². The molecule has 2 aliphatic heterocycles. The van der Waals surface area contributed by atoms with Gasteiger partial charge in [0.25, 0.3) is 0 Å². The largest absolute Gasteiger partial charge is 0.492 e. The highest BCUT2D eigenvalue weighted by molar-refractivity contribution is 7.89. The van der Waals surface area contributed by atoms with Gasteiger partial charge in [0.2, 0.25) is 26.0 Å². The van der Waals surface area contributed by atoms with E-state index in [1.54, 1.807) is 12.1 Å². The number of rotatable bonds is 8. The van der Waals surface area contributed by atoms with Crippen molar-refractivity contribution >= 4 is 26.0 Å². The summed E-state index contributed by atoms with van der Waals surface area (Å²) in [7, 11) is -6.74. The number of carbonyl (C=O) groups excluding carboxylic acids is 1. The molecule has 2 heterocycles. The van der Waals surface area contributed by atoms with Crippen molar-refractivity contribution in [3.8, 4) is 5.75 Å². The molecule has 2 saturated heterocycles. The number of amides is 1. The van der Waals surface area contributed by atoms with Gasteiger partial charge >= 0.3 is 0 Å². The number of nitrogens with one attached hydrogen (secondary N) is 1. The number of piperidine rings is 1. The highest BCUT2D eigenvalue weighted by Gasteiger charge is 2.30. The molecule has 0 unspecified atom stereocenters. The molecule has 0 aromatic heterocycles. The van der Waals surface area contributed by atoms with Crippen LogP contribution < -0.4 is 10.1 Å². The Morgan fingerprint density at radius 2 is 1.67 bits per heavy atom.